The van der Waals surface area contributed by atoms with Crippen molar-refractivity contribution in [3.63, 3.8) is 0 Å². The lowest BCUT2D eigenvalue weighted by Crippen LogP contribution is -2.38. The topological polar surface area (TPSA) is 92.9 Å². The fourth-order valence-electron chi connectivity index (χ4n) is 3.69. The van der Waals surface area contributed by atoms with Crippen molar-refractivity contribution < 1.29 is 18.0 Å². The molecule has 0 radical (unpaired) electrons. The summed E-state index contributed by atoms with van der Waals surface area (Å²) in [7, 11) is 0. The first-order valence-electron chi connectivity index (χ1n) is 9.57. The zero-order valence-corrected chi connectivity index (χ0v) is 16.2. The number of nitrogens with one attached hydrogen (secondary N) is 2. The van der Waals surface area contributed by atoms with Gasteiger partial charge in [-0.25, -0.2) is 23.1 Å². The molecular formula is C21H20F3N5O. The molecule has 6 nitrogen and oxygen atoms in total. The summed E-state index contributed by atoms with van der Waals surface area (Å²) in [6.07, 6.45) is 3.22. The number of amides is 1. The van der Waals surface area contributed by atoms with Gasteiger partial charge in [0, 0.05) is 29.1 Å². The van der Waals surface area contributed by atoms with E-state index in [4.69, 9.17) is 5.73 Å². The number of hydrogen-bond acceptors (Lipinski definition) is 5. The van der Waals surface area contributed by atoms with Crippen molar-refractivity contribution in [1.29, 1.82) is 0 Å². The van der Waals surface area contributed by atoms with Crippen LogP contribution >= 0.6 is 0 Å². The van der Waals surface area contributed by atoms with E-state index in [2.05, 4.69) is 20.6 Å². The largest absolute Gasteiger partial charge is 0.366 e. The minimum atomic E-state index is -1.28. The smallest absolute Gasteiger partial charge is 0.250 e. The van der Waals surface area contributed by atoms with E-state index in [0.29, 0.717) is 11.2 Å². The van der Waals surface area contributed by atoms with Crippen molar-refractivity contribution in [2.24, 2.45) is 5.73 Å². The highest BCUT2D eigenvalue weighted by atomic mass is 19.2. The zero-order chi connectivity index (χ0) is 21.4. The van der Waals surface area contributed by atoms with Crippen LogP contribution in [0.3, 0.4) is 0 Å². The maximum absolute atomic E-state index is 14.6. The molecule has 1 fully saturated rings. The molecule has 0 bridgehead atoms. The number of carbonyl (C=O) groups is 1. The fourth-order valence-corrected chi connectivity index (χ4v) is 3.69. The van der Waals surface area contributed by atoms with E-state index in [1.54, 1.807) is 0 Å². The van der Waals surface area contributed by atoms with E-state index in [0.717, 1.165) is 38.9 Å². The van der Waals surface area contributed by atoms with E-state index >= 15 is 0 Å². The van der Waals surface area contributed by atoms with Gasteiger partial charge in [-0.3, -0.25) is 4.79 Å². The first-order valence-corrected chi connectivity index (χ1v) is 9.57. The molecule has 4 N–H and O–H groups in total. The molecule has 0 spiro atoms. The van der Waals surface area contributed by atoms with Crippen LogP contribution < -0.4 is 16.4 Å². The summed E-state index contributed by atoms with van der Waals surface area (Å²) < 4.78 is 42.9. The highest BCUT2D eigenvalue weighted by Crippen LogP contribution is 2.33. The number of nitrogens with zero attached hydrogens (tertiary/aromatic N) is 2. The number of primary amides is 1. The molecule has 2 aromatic carbocycles. The normalized spacial score (nSPS) is 16.6. The monoisotopic (exact) mass is 415 g/mol. The van der Waals surface area contributed by atoms with Gasteiger partial charge in [-0.15, -0.1) is 0 Å². The number of piperidine rings is 1. The Hall–Kier alpha value is -3.20. The number of fused-ring (bicyclic) bond motifs is 1. The molecule has 3 aromatic rings. The van der Waals surface area contributed by atoms with Crippen LogP contribution in [0.15, 0.2) is 24.5 Å². The van der Waals surface area contributed by atoms with Crippen molar-refractivity contribution in [1.82, 2.24) is 15.3 Å². The van der Waals surface area contributed by atoms with E-state index in [1.165, 1.54) is 18.5 Å². The second-order valence-corrected chi connectivity index (χ2v) is 7.35. The van der Waals surface area contributed by atoms with Crippen LogP contribution in [0.1, 0.15) is 28.8 Å². The quantitative estimate of drug-likeness (QED) is 0.569. The lowest BCUT2D eigenvalue weighted by molar-refractivity contribution is 0.100. The van der Waals surface area contributed by atoms with Gasteiger partial charge >= 0.3 is 0 Å². The molecule has 0 aliphatic carbocycles. The van der Waals surface area contributed by atoms with Crippen molar-refractivity contribution in [3.05, 3.63) is 53.1 Å². The van der Waals surface area contributed by atoms with Gasteiger partial charge in [-0.1, -0.05) is 0 Å². The van der Waals surface area contributed by atoms with Crippen LogP contribution in [-0.2, 0) is 0 Å². The predicted octanol–water partition coefficient (Wildman–Crippen LogP) is 3.29. The van der Waals surface area contributed by atoms with E-state index < -0.39 is 28.9 Å². The van der Waals surface area contributed by atoms with E-state index in [-0.39, 0.29) is 28.2 Å². The number of carbonyl (C=O) groups excluding carboxylic acids is 1. The summed E-state index contributed by atoms with van der Waals surface area (Å²) in [6.45, 7) is 2.82. The molecule has 1 saturated heterocycles. The number of anilines is 1. The summed E-state index contributed by atoms with van der Waals surface area (Å²) in [5, 5.41) is 7.00. The third kappa shape index (κ3) is 3.56. The molecule has 4 rings (SSSR count). The summed E-state index contributed by atoms with van der Waals surface area (Å²) >= 11 is 0. The van der Waals surface area contributed by atoms with Crippen LogP contribution in [0.5, 0.6) is 0 Å². The molecule has 1 unspecified atom stereocenters. The minimum absolute atomic E-state index is 0.00973. The summed E-state index contributed by atoms with van der Waals surface area (Å²) in [5.41, 5.74) is 5.18. The van der Waals surface area contributed by atoms with Crippen molar-refractivity contribution in [3.8, 4) is 11.1 Å². The van der Waals surface area contributed by atoms with Gasteiger partial charge in [0.15, 0.2) is 11.6 Å². The zero-order valence-electron chi connectivity index (χ0n) is 16.2. The molecule has 0 saturated carbocycles. The molecule has 1 amide bonds. The maximum atomic E-state index is 14.6. The van der Waals surface area contributed by atoms with Crippen molar-refractivity contribution >= 4 is 22.6 Å². The lowest BCUT2D eigenvalue weighted by atomic mass is 9.97. The van der Waals surface area contributed by atoms with Crippen LogP contribution in [0.25, 0.3) is 22.0 Å². The van der Waals surface area contributed by atoms with Gasteiger partial charge in [-0.2, -0.15) is 0 Å². The van der Waals surface area contributed by atoms with E-state index in [1.807, 2.05) is 0 Å². The minimum Gasteiger partial charge on any atom is -0.366 e. The fraction of sp³-hybridized carbons (Fsp3) is 0.286. The average molecular weight is 415 g/mol. The van der Waals surface area contributed by atoms with Gasteiger partial charge < -0.3 is 16.4 Å². The molecule has 30 heavy (non-hydrogen) atoms. The van der Waals surface area contributed by atoms with Crippen molar-refractivity contribution in [2.45, 2.75) is 25.8 Å². The third-order valence-electron chi connectivity index (χ3n) is 5.34. The first kappa shape index (κ1) is 20.1. The van der Waals surface area contributed by atoms with Gasteiger partial charge in [-0.05, 0) is 50.1 Å². The number of aromatic nitrogens is 2. The number of benzene rings is 2. The average Bonchev–Trinajstić information content (AvgIpc) is 2.75. The molecule has 1 aliphatic heterocycles. The second-order valence-electron chi connectivity index (χ2n) is 7.35. The maximum Gasteiger partial charge on any atom is 0.250 e. The molecule has 156 valence electrons. The molecule has 9 heteroatoms. The SMILES string of the molecule is Cc1c(F)cc(-c2cc(C(N)=O)c3ncnc(NC4CCCNC4)c3c2)c(F)c1F. The standard InChI is InChI=1S/C21H20F3N5O/c1-10-16(22)7-13(18(24)17(10)23)11-5-14(20(25)30)19-15(6-11)21(28-9-27-19)29-12-3-2-4-26-8-12/h5-7,9,12,26H,2-4,8H2,1H3,(H2,25,30)(H,27,28,29). The molecule has 1 aliphatic rings. The molecule has 2 heterocycles. The Bertz CT molecular complexity index is 1150. The van der Waals surface area contributed by atoms with Crippen LogP contribution in [0, 0.1) is 24.4 Å². The molecular weight excluding hydrogens is 395 g/mol. The highest BCUT2D eigenvalue weighted by Gasteiger charge is 2.21. The van der Waals surface area contributed by atoms with Gasteiger partial charge in [0.25, 0.3) is 5.91 Å². The third-order valence-corrected chi connectivity index (χ3v) is 5.34. The summed E-state index contributed by atoms with van der Waals surface area (Å²) in [4.78, 5) is 20.5. The van der Waals surface area contributed by atoms with E-state index in [9.17, 15) is 18.0 Å². The Morgan fingerprint density at radius 2 is 2.00 bits per heavy atom. The Balaban J connectivity index is 1.92. The number of halogens is 3. The summed E-state index contributed by atoms with van der Waals surface area (Å²) in [5.74, 6) is -3.72. The predicted molar refractivity (Wildman–Crippen MR) is 108 cm³/mol. The van der Waals surface area contributed by atoms with Crippen molar-refractivity contribution in [2.75, 3.05) is 18.4 Å². The summed E-state index contributed by atoms with van der Waals surface area (Å²) in [6, 6.07) is 3.80. The van der Waals surface area contributed by atoms with Crippen LogP contribution in [-0.4, -0.2) is 35.0 Å². The Morgan fingerprint density at radius 1 is 1.20 bits per heavy atom. The van der Waals surface area contributed by atoms with Gasteiger partial charge in [0.05, 0.1) is 11.1 Å². The van der Waals surface area contributed by atoms with Gasteiger partial charge in [0.1, 0.15) is 18.0 Å². The Labute approximate surface area is 170 Å². The number of hydrogen-bond donors (Lipinski definition) is 3. The number of rotatable bonds is 4. The van der Waals surface area contributed by atoms with Gasteiger partial charge in [0.2, 0.25) is 0 Å². The first-order chi connectivity index (χ1) is 14.4. The molecule has 1 atom stereocenters. The molecule has 1 aromatic heterocycles. The Morgan fingerprint density at radius 3 is 2.70 bits per heavy atom. The highest BCUT2D eigenvalue weighted by molar-refractivity contribution is 6.08. The number of nitrogens with two attached hydrogens (primary N) is 1. The van der Waals surface area contributed by atoms with Crippen LogP contribution in [0.2, 0.25) is 0 Å². The second kappa shape index (κ2) is 7.91. The lowest BCUT2D eigenvalue weighted by Gasteiger charge is -2.25. The Kier molecular flexibility index (Phi) is 5.29. The van der Waals surface area contributed by atoms with Crippen LogP contribution in [0.4, 0.5) is 19.0 Å².